The minimum atomic E-state index is -0.734. The maximum Gasteiger partial charge on any atom is 0.136 e. The average Bonchev–Trinajstić information content (AvgIpc) is 3.78. The topological polar surface area (TPSA) is 13.1 Å². The number of fused-ring (bicyclic) bond motifs is 5. The lowest BCUT2D eigenvalue weighted by Gasteiger charge is -2.19. The van der Waals surface area contributed by atoms with Crippen molar-refractivity contribution >= 4 is 43.5 Å². The van der Waals surface area contributed by atoms with E-state index in [-0.39, 0.29) is 49.7 Å². The van der Waals surface area contributed by atoms with Gasteiger partial charge in [-0.1, -0.05) is 157 Å². The monoisotopic (exact) mass is 669 g/mol. The van der Waals surface area contributed by atoms with E-state index >= 15 is 0 Å². The fraction of sp³-hybridized carbons (Fsp3) is 0. The fourth-order valence-corrected chi connectivity index (χ4v) is 6.69. The maximum absolute atomic E-state index is 9.57. The minimum absolute atomic E-state index is 0.0285. The molecule has 1 heterocycles. The first-order valence-corrected chi connectivity index (χ1v) is 15.8. The Morgan fingerprint density at radius 3 is 1.39 bits per heavy atom. The summed E-state index contributed by atoms with van der Waals surface area (Å²) in [6.45, 7) is 0. The predicted octanol–water partition coefficient (Wildman–Crippen LogP) is 14.2. The van der Waals surface area contributed by atoms with E-state index in [4.69, 9.17) is 27.7 Å². The molecule has 0 N–H and O–H groups in total. The van der Waals surface area contributed by atoms with Crippen LogP contribution in [0.3, 0.4) is 0 Å². The fourth-order valence-electron chi connectivity index (χ4n) is 6.69. The summed E-state index contributed by atoms with van der Waals surface area (Å²) in [5, 5.41) is 1.43. The first-order chi connectivity index (χ1) is 34.0. The summed E-state index contributed by atoms with van der Waals surface area (Å²) in [5.74, 6) is 0. The second kappa shape index (κ2) is 12.0. The van der Waals surface area contributed by atoms with Crippen LogP contribution in [0.25, 0.3) is 99.1 Å². The van der Waals surface area contributed by atoms with Crippen LogP contribution in [0, 0.1) is 0 Å². The van der Waals surface area contributed by atoms with Crippen molar-refractivity contribution in [1.29, 1.82) is 0 Å². The second-order valence-electron chi connectivity index (χ2n) is 11.7. The molecule has 0 saturated heterocycles. The molecule has 10 aromatic rings. The summed E-state index contributed by atoms with van der Waals surface area (Å²) in [6, 6.07) is 5.00. The molecule has 0 aliphatic heterocycles. The third-order valence-corrected chi connectivity index (χ3v) is 8.80. The lowest BCUT2D eigenvalue weighted by Crippen LogP contribution is -1.92. The van der Waals surface area contributed by atoms with Crippen LogP contribution in [0.15, 0.2) is 198 Å². The van der Waals surface area contributed by atoms with Gasteiger partial charge in [0.05, 0.1) is 28.8 Å². The molecule has 9 aromatic carbocycles. The Labute approximate surface area is 326 Å². The quantitative estimate of drug-likeness (QED) is 0.166. The molecule has 0 radical (unpaired) electrons. The molecule has 0 spiro atoms. The summed E-state index contributed by atoms with van der Waals surface area (Å²) in [5.41, 5.74) is -1.07. The van der Waals surface area contributed by atoms with E-state index in [1.165, 1.54) is 6.07 Å². The van der Waals surface area contributed by atoms with Crippen LogP contribution in [0.1, 0.15) is 28.8 Å². The molecule has 0 amide bonds. The molecule has 0 aliphatic rings. The first-order valence-electron chi connectivity index (χ1n) is 26.3. The van der Waals surface area contributed by atoms with E-state index < -0.39 is 144 Å². The SMILES string of the molecule is [2H]c1c([2H])c([2H])c(-c2cc(-c3c([2H])c([2H])c([2H])c([2H])c3[2H])cc(-c3c4ccccc4c(-c4c([2H])c([2H])c([2H])c5oc6c([2H])c(-c7c([2H])c([2H])c([2H])c([2H])c7[2H])c([2H])c([2H])c6c45)c4ccccc34)c2)c([2H])c1[2H]. The number of hydrogen-bond donors (Lipinski definition) is 0. The van der Waals surface area contributed by atoms with Crippen molar-refractivity contribution in [3.05, 3.63) is 194 Å². The Balaban J connectivity index is 1.36. The summed E-state index contributed by atoms with van der Waals surface area (Å²) in [7, 11) is 0. The lowest BCUT2D eigenvalue weighted by atomic mass is 9.83. The second-order valence-corrected chi connectivity index (χ2v) is 11.7. The van der Waals surface area contributed by atoms with Gasteiger partial charge in [0.25, 0.3) is 0 Å². The molecule has 1 aromatic heterocycles. The van der Waals surface area contributed by atoms with Crippen molar-refractivity contribution in [2.24, 2.45) is 0 Å². The summed E-state index contributed by atoms with van der Waals surface area (Å²) in [4.78, 5) is 0. The van der Waals surface area contributed by atoms with Crippen molar-refractivity contribution in [2.45, 2.75) is 0 Å². The smallest absolute Gasteiger partial charge is 0.136 e. The zero-order valence-electron chi connectivity index (χ0n) is 47.3. The van der Waals surface area contributed by atoms with Crippen molar-refractivity contribution in [3.8, 4) is 55.6 Å². The van der Waals surface area contributed by atoms with Crippen LogP contribution in [-0.4, -0.2) is 0 Å². The molecule has 1 heteroatoms. The van der Waals surface area contributed by atoms with E-state index in [1.807, 2.05) is 0 Å². The predicted molar refractivity (Wildman–Crippen MR) is 216 cm³/mol. The van der Waals surface area contributed by atoms with Gasteiger partial charge in [-0.3, -0.25) is 0 Å². The Bertz CT molecular complexity index is 3890. The lowest BCUT2D eigenvalue weighted by molar-refractivity contribution is 0.669. The van der Waals surface area contributed by atoms with Crippen LogP contribution in [0.4, 0.5) is 0 Å². The van der Waals surface area contributed by atoms with Gasteiger partial charge in [0.1, 0.15) is 11.2 Å². The Kier molecular flexibility index (Phi) is 3.54. The zero-order valence-corrected chi connectivity index (χ0v) is 26.3. The van der Waals surface area contributed by atoms with E-state index in [1.54, 1.807) is 60.7 Å². The van der Waals surface area contributed by atoms with Crippen LogP contribution < -0.4 is 0 Å². The minimum Gasteiger partial charge on any atom is -0.456 e. The van der Waals surface area contributed by atoms with E-state index in [0.29, 0.717) is 32.7 Å². The summed E-state index contributed by atoms with van der Waals surface area (Å²) < 4.78 is 190. The zero-order chi connectivity index (χ0) is 52.0. The van der Waals surface area contributed by atoms with Crippen molar-refractivity contribution < 1.29 is 33.2 Å². The highest BCUT2D eigenvalue weighted by Crippen LogP contribution is 2.48. The van der Waals surface area contributed by atoms with E-state index in [2.05, 4.69) is 0 Å². The molecular weight excluding hydrogens is 617 g/mol. The largest absolute Gasteiger partial charge is 0.456 e. The number of furan rings is 1. The molecule has 0 unspecified atom stereocenters. The molecule has 0 fully saturated rings. The number of benzene rings is 9. The molecule has 0 bridgehead atoms. The number of hydrogen-bond acceptors (Lipinski definition) is 1. The van der Waals surface area contributed by atoms with Crippen molar-refractivity contribution in [1.82, 2.24) is 0 Å². The molecule has 0 saturated carbocycles. The van der Waals surface area contributed by atoms with Crippen LogP contribution >= 0.6 is 0 Å². The van der Waals surface area contributed by atoms with Gasteiger partial charge in [0.2, 0.25) is 0 Å². The normalized spacial score (nSPS) is 17.3. The highest BCUT2D eigenvalue weighted by atomic mass is 16.3. The van der Waals surface area contributed by atoms with E-state index in [9.17, 15) is 5.48 Å². The van der Waals surface area contributed by atoms with Gasteiger partial charge in [-0.05, 0) is 114 Å². The van der Waals surface area contributed by atoms with Gasteiger partial charge >= 0.3 is 0 Å². The highest BCUT2D eigenvalue weighted by Gasteiger charge is 2.21. The molecule has 0 aliphatic carbocycles. The molecular formula is C50H32O. The van der Waals surface area contributed by atoms with Crippen LogP contribution in [-0.2, 0) is 0 Å². The standard InChI is InChI=1S/C50H32O/c1-4-15-33(16-5-1)36-27-28-44-47(32-36)51-46-26-14-25-45(50(44)46)49-42-23-12-10-21-40(42)48(41-22-11-13-24-43(41)49)39-30-37(34-17-6-2-7-18-34)29-38(31-39)35-19-8-3-9-20-35/h1-32H/i1D,2D,3D,4D,5D,6D,7D,8D,9D,14D,15D,16D,17D,18D,19D,20D,25D,26D,27D,28D,32D. The average molecular weight is 670 g/mol. The Hall–Kier alpha value is -6.70. The van der Waals surface area contributed by atoms with Crippen LogP contribution in [0.5, 0.6) is 0 Å². The van der Waals surface area contributed by atoms with Gasteiger partial charge in [0, 0.05) is 10.8 Å². The summed E-state index contributed by atoms with van der Waals surface area (Å²) in [6.07, 6.45) is 0. The molecule has 238 valence electrons. The Morgan fingerprint density at radius 2 is 0.843 bits per heavy atom. The van der Waals surface area contributed by atoms with Gasteiger partial charge in [0.15, 0.2) is 0 Å². The third-order valence-electron chi connectivity index (χ3n) is 8.80. The highest BCUT2D eigenvalue weighted by molar-refractivity contribution is 6.25. The van der Waals surface area contributed by atoms with Crippen LogP contribution in [0.2, 0.25) is 0 Å². The first kappa shape index (κ1) is 15.0. The molecule has 1 nitrogen and oxygen atoms in total. The third kappa shape index (κ3) is 4.94. The van der Waals surface area contributed by atoms with Gasteiger partial charge in [-0.2, -0.15) is 0 Å². The van der Waals surface area contributed by atoms with E-state index in [0.717, 1.165) is 0 Å². The van der Waals surface area contributed by atoms with Gasteiger partial charge < -0.3 is 4.42 Å². The van der Waals surface area contributed by atoms with Gasteiger partial charge in [-0.25, -0.2) is 0 Å². The summed E-state index contributed by atoms with van der Waals surface area (Å²) >= 11 is 0. The van der Waals surface area contributed by atoms with Crippen molar-refractivity contribution in [2.75, 3.05) is 0 Å². The maximum atomic E-state index is 9.57. The molecule has 10 rings (SSSR count). The van der Waals surface area contributed by atoms with Crippen molar-refractivity contribution in [3.63, 3.8) is 0 Å². The molecule has 51 heavy (non-hydrogen) atoms. The molecule has 0 atom stereocenters. The van der Waals surface area contributed by atoms with Gasteiger partial charge in [-0.15, -0.1) is 0 Å². The Morgan fingerprint density at radius 1 is 0.353 bits per heavy atom. The number of rotatable bonds is 5.